The number of H-pyrrole nitrogens is 1. The molecule has 0 spiro atoms. The maximum Gasteiger partial charge on any atom is 0.573 e. The number of primary amides is 1. The van der Waals surface area contributed by atoms with E-state index < -0.39 is 23.8 Å². The Morgan fingerprint density at radius 2 is 2.05 bits per heavy atom. The first-order valence-corrected chi connectivity index (χ1v) is 5.97. The van der Waals surface area contributed by atoms with Crippen molar-refractivity contribution in [2.24, 2.45) is 5.73 Å². The predicted molar refractivity (Wildman–Crippen MR) is 66.4 cm³/mol. The molecule has 0 fully saturated rings. The number of amides is 1. The van der Waals surface area contributed by atoms with Gasteiger partial charge in [-0.1, -0.05) is 0 Å². The summed E-state index contributed by atoms with van der Waals surface area (Å²) in [4.78, 5) is 11.2. The average molecular weight is 367 g/mol. The topological polar surface area (TPSA) is 114 Å². The number of nitrogens with two attached hydrogens (primary N) is 1. The summed E-state index contributed by atoms with van der Waals surface area (Å²) in [6, 6.07) is 1.77. The third-order valence-electron chi connectivity index (χ3n) is 2.31. The number of aromatic hydroxyl groups is 1. The second-order valence-corrected chi connectivity index (χ2v) is 4.59. The number of nitrogens with zero attached hydrogens (tertiary/aromatic N) is 2. The van der Waals surface area contributed by atoms with E-state index in [1.54, 1.807) is 0 Å². The Balaban J connectivity index is 2.57. The number of aromatic nitrogens is 3. The zero-order valence-corrected chi connectivity index (χ0v) is 11.5. The van der Waals surface area contributed by atoms with Gasteiger partial charge >= 0.3 is 6.36 Å². The van der Waals surface area contributed by atoms with E-state index in [0.29, 0.717) is 0 Å². The lowest BCUT2D eigenvalue weighted by molar-refractivity contribution is -0.274. The second kappa shape index (κ2) is 5.24. The van der Waals surface area contributed by atoms with Gasteiger partial charge in [-0.3, -0.25) is 4.79 Å². The molecular formula is C10H6BrF3N4O3. The first-order valence-electron chi connectivity index (χ1n) is 5.18. The molecule has 2 rings (SSSR count). The number of benzene rings is 1. The van der Waals surface area contributed by atoms with Crippen LogP contribution in [0.15, 0.2) is 16.6 Å². The zero-order chi connectivity index (χ0) is 15.8. The fraction of sp³-hybridized carbons (Fsp3) is 0.100. The summed E-state index contributed by atoms with van der Waals surface area (Å²) in [6.45, 7) is 0. The summed E-state index contributed by atoms with van der Waals surface area (Å²) in [7, 11) is 0. The Labute approximate surface area is 123 Å². The number of phenolic OH excluding ortho intramolecular Hbond substituents is 1. The van der Waals surface area contributed by atoms with E-state index in [2.05, 4.69) is 36.1 Å². The van der Waals surface area contributed by atoms with E-state index in [1.807, 2.05) is 0 Å². The van der Waals surface area contributed by atoms with Gasteiger partial charge in [0.2, 0.25) is 0 Å². The van der Waals surface area contributed by atoms with Crippen molar-refractivity contribution in [2.45, 2.75) is 6.36 Å². The minimum atomic E-state index is -4.91. The fourth-order valence-electron chi connectivity index (χ4n) is 1.54. The molecule has 1 aromatic carbocycles. The summed E-state index contributed by atoms with van der Waals surface area (Å²) >= 11 is 2.88. The molecule has 0 aliphatic rings. The van der Waals surface area contributed by atoms with Crippen LogP contribution in [0.5, 0.6) is 11.5 Å². The molecule has 0 saturated carbocycles. The fourth-order valence-corrected chi connectivity index (χ4v) is 1.98. The van der Waals surface area contributed by atoms with Gasteiger partial charge in [0, 0.05) is 0 Å². The summed E-state index contributed by atoms with van der Waals surface area (Å²) < 4.78 is 40.4. The van der Waals surface area contributed by atoms with Crippen molar-refractivity contribution >= 4 is 21.8 Å². The molecule has 21 heavy (non-hydrogen) atoms. The first kappa shape index (κ1) is 15.1. The molecule has 0 aliphatic carbocycles. The molecule has 1 aromatic heterocycles. The SMILES string of the molecule is NC(=O)c1n[nH]nc1-c1cc(OC(F)(F)F)cc(Br)c1O. The minimum Gasteiger partial charge on any atom is -0.506 e. The van der Waals surface area contributed by atoms with Gasteiger partial charge in [0.15, 0.2) is 5.69 Å². The number of hydrogen-bond donors (Lipinski definition) is 3. The summed E-state index contributed by atoms with van der Waals surface area (Å²) in [5, 5.41) is 19.0. The van der Waals surface area contributed by atoms with Crippen molar-refractivity contribution in [3.05, 3.63) is 22.3 Å². The van der Waals surface area contributed by atoms with Crippen LogP contribution in [-0.2, 0) is 0 Å². The summed E-state index contributed by atoms with van der Waals surface area (Å²) in [5.41, 5.74) is 4.32. The maximum atomic E-state index is 12.2. The Kier molecular flexibility index (Phi) is 3.77. The average Bonchev–Trinajstić information content (AvgIpc) is 2.80. The van der Waals surface area contributed by atoms with E-state index in [9.17, 15) is 23.1 Å². The molecule has 4 N–H and O–H groups in total. The van der Waals surface area contributed by atoms with Gasteiger partial charge in [0.25, 0.3) is 5.91 Å². The Morgan fingerprint density at radius 3 is 2.62 bits per heavy atom. The summed E-state index contributed by atoms with van der Waals surface area (Å²) in [5.74, 6) is -2.02. The molecule has 7 nitrogen and oxygen atoms in total. The zero-order valence-electron chi connectivity index (χ0n) is 9.90. The lowest BCUT2D eigenvalue weighted by Gasteiger charge is -2.12. The molecule has 0 atom stereocenters. The third kappa shape index (κ3) is 3.24. The van der Waals surface area contributed by atoms with Crippen molar-refractivity contribution in [3.8, 4) is 22.8 Å². The van der Waals surface area contributed by atoms with E-state index in [-0.39, 0.29) is 21.4 Å². The molecule has 11 heteroatoms. The number of carbonyl (C=O) groups excluding carboxylic acids is 1. The molecule has 0 bridgehead atoms. The number of halogens is 4. The maximum absolute atomic E-state index is 12.2. The van der Waals surface area contributed by atoms with Gasteiger partial charge < -0.3 is 15.6 Å². The molecule has 1 heterocycles. The van der Waals surface area contributed by atoms with Gasteiger partial charge in [-0.15, -0.1) is 13.2 Å². The lowest BCUT2D eigenvalue weighted by atomic mass is 10.1. The number of carbonyl (C=O) groups is 1. The molecule has 0 aliphatic heterocycles. The number of aromatic amines is 1. The number of phenols is 1. The molecule has 0 unspecified atom stereocenters. The Bertz CT molecular complexity index is 701. The van der Waals surface area contributed by atoms with E-state index in [1.165, 1.54) is 0 Å². The first-order chi connectivity index (χ1) is 9.69. The standard InChI is InChI=1S/C10H6BrF3N4O3/c11-5-2-3(21-10(12,13)14)1-4(8(5)19)6-7(9(15)20)17-18-16-6/h1-2,19H,(H2,15,20)(H,16,17,18). The van der Waals surface area contributed by atoms with Crippen LogP contribution < -0.4 is 10.5 Å². The number of ether oxygens (including phenoxy) is 1. The molecule has 2 aromatic rings. The Morgan fingerprint density at radius 1 is 1.38 bits per heavy atom. The highest BCUT2D eigenvalue weighted by Crippen LogP contribution is 2.40. The highest BCUT2D eigenvalue weighted by atomic mass is 79.9. The van der Waals surface area contributed by atoms with Gasteiger partial charge in [-0.25, -0.2) is 0 Å². The van der Waals surface area contributed by atoms with Crippen molar-refractivity contribution in [1.29, 1.82) is 0 Å². The highest BCUT2D eigenvalue weighted by molar-refractivity contribution is 9.10. The highest BCUT2D eigenvalue weighted by Gasteiger charge is 2.32. The summed E-state index contributed by atoms with van der Waals surface area (Å²) in [6.07, 6.45) is -4.91. The lowest BCUT2D eigenvalue weighted by Crippen LogP contribution is -2.17. The minimum absolute atomic E-state index is 0.0855. The van der Waals surface area contributed by atoms with E-state index >= 15 is 0 Å². The van der Waals surface area contributed by atoms with Crippen LogP contribution in [0.25, 0.3) is 11.3 Å². The molecule has 1 amide bonds. The Hall–Kier alpha value is -2.30. The smallest absolute Gasteiger partial charge is 0.506 e. The van der Waals surface area contributed by atoms with Crippen LogP contribution in [0.1, 0.15) is 10.5 Å². The molecule has 0 saturated heterocycles. The number of hydrogen-bond acceptors (Lipinski definition) is 5. The predicted octanol–water partition coefficient (Wildman–Crippen LogP) is 1.94. The quantitative estimate of drug-likeness (QED) is 0.767. The van der Waals surface area contributed by atoms with Crippen LogP contribution >= 0.6 is 15.9 Å². The third-order valence-corrected chi connectivity index (χ3v) is 2.91. The van der Waals surface area contributed by atoms with E-state index in [0.717, 1.165) is 12.1 Å². The van der Waals surface area contributed by atoms with Crippen LogP contribution in [0.3, 0.4) is 0 Å². The van der Waals surface area contributed by atoms with Crippen molar-refractivity contribution in [3.63, 3.8) is 0 Å². The van der Waals surface area contributed by atoms with Crippen molar-refractivity contribution < 1.29 is 27.8 Å². The molecular weight excluding hydrogens is 361 g/mol. The van der Waals surface area contributed by atoms with Crippen LogP contribution in [-0.4, -0.2) is 32.8 Å². The van der Waals surface area contributed by atoms with Crippen LogP contribution in [0.4, 0.5) is 13.2 Å². The van der Waals surface area contributed by atoms with Crippen molar-refractivity contribution in [2.75, 3.05) is 0 Å². The monoisotopic (exact) mass is 366 g/mol. The van der Waals surface area contributed by atoms with Gasteiger partial charge in [0.1, 0.15) is 17.2 Å². The number of nitrogens with one attached hydrogen (secondary N) is 1. The largest absolute Gasteiger partial charge is 0.573 e. The van der Waals surface area contributed by atoms with Crippen LogP contribution in [0.2, 0.25) is 0 Å². The van der Waals surface area contributed by atoms with Gasteiger partial charge in [0.05, 0.1) is 10.0 Å². The molecule has 112 valence electrons. The second-order valence-electron chi connectivity index (χ2n) is 3.73. The van der Waals surface area contributed by atoms with Crippen molar-refractivity contribution in [1.82, 2.24) is 15.4 Å². The van der Waals surface area contributed by atoms with E-state index in [4.69, 9.17) is 5.73 Å². The number of alkyl halides is 3. The number of rotatable bonds is 3. The van der Waals surface area contributed by atoms with Crippen LogP contribution in [0, 0.1) is 0 Å². The van der Waals surface area contributed by atoms with Gasteiger partial charge in [-0.2, -0.15) is 15.4 Å². The normalized spacial score (nSPS) is 11.4. The van der Waals surface area contributed by atoms with Gasteiger partial charge in [-0.05, 0) is 28.1 Å². The molecule has 0 radical (unpaired) electrons.